The van der Waals surface area contributed by atoms with Gasteiger partial charge in [-0.1, -0.05) is 0 Å². The number of hydrogen-bond donors (Lipinski definition) is 2. The van der Waals surface area contributed by atoms with Crippen LogP contribution < -0.4 is 0 Å². The number of aliphatic carboxylic acids is 1. The van der Waals surface area contributed by atoms with Crippen molar-refractivity contribution in [3.63, 3.8) is 0 Å². The first-order valence-corrected chi connectivity index (χ1v) is 5.68. The van der Waals surface area contributed by atoms with Gasteiger partial charge >= 0.3 is 5.97 Å². The molecule has 0 aromatic carbocycles. The average Bonchev–Trinajstić information content (AvgIpc) is 2.73. The van der Waals surface area contributed by atoms with Gasteiger partial charge in [0.05, 0.1) is 11.5 Å². The summed E-state index contributed by atoms with van der Waals surface area (Å²) in [4.78, 5) is 13.2. The van der Waals surface area contributed by atoms with E-state index in [0.717, 1.165) is 25.8 Å². The Morgan fingerprint density at radius 1 is 1.47 bits per heavy atom. The van der Waals surface area contributed by atoms with Crippen LogP contribution in [0.1, 0.15) is 32.6 Å². The molecule has 0 amide bonds. The van der Waals surface area contributed by atoms with Gasteiger partial charge in [0.2, 0.25) is 0 Å². The molecule has 3 atom stereocenters. The van der Waals surface area contributed by atoms with Crippen LogP contribution in [0, 0.1) is 5.41 Å². The largest absolute Gasteiger partial charge is 0.481 e. The lowest BCUT2D eigenvalue weighted by Gasteiger charge is -2.27. The summed E-state index contributed by atoms with van der Waals surface area (Å²) in [6.07, 6.45) is 3.39. The molecule has 2 N–H and O–H groups in total. The van der Waals surface area contributed by atoms with Gasteiger partial charge in [0, 0.05) is 12.6 Å². The molecule has 1 saturated carbocycles. The first-order chi connectivity index (χ1) is 7.03. The summed E-state index contributed by atoms with van der Waals surface area (Å²) in [5, 5.41) is 18.9. The summed E-state index contributed by atoms with van der Waals surface area (Å²) in [6, 6.07) is 0.200. The maximum atomic E-state index is 11.1. The third-order valence-electron chi connectivity index (χ3n) is 3.93. The molecule has 0 aromatic rings. The zero-order valence-corrected chi connectivity index (χ0v) is 9.15. The molecule has 2 fully saturated rings. The van der Waals surface area contributed by atoms with Gasteiger partial charge < -0.3 is 10.2 Å². The maximum Gasteiger partial charge on any atom is 0.310 e. The van der Waals surface area contributed by atoms with E-state index in [4.69, 9.17) is 5.11 Å². The Kier molecular flexibility index (Phi) is 2.73. The van der Waals surface area contributed by atoms with Gasteiger partial charge in [0.15, 0.2) is 0 Å². The van der Waals surface area contributed by atoms with E-state index >= 15 is 0 Å². The summed E-state index contributed by atoms with van der Waals surface area (Å²) in [5.74, 6) is -0.711. The minimum atomic E-state index is -0.711. The average molecular weight is 213 g/mol. The second kappa shape index (κ2) is 3.76. The first kappa shape index (κ1) is 10.9. The fourth-order valence-corrected chi connectivity index (χ4v) is 2.80. The van der Waals surface area contributed by atoms with Crippen molar-refractivity contribution >= 4 is 5.97 Å². The van der Waals surface area contributed by atoms with Gasteiger partial charge in [-0.3, -0.25) is 9.69 Å². The molecular weight excluding hydrogens is 194 g/mol. The molecule has 86 valence electrons. The van der Waals surface area contributed by atoms with Crippen molar-refractivity contribution in [3.05, 3.63) is 0 Å². The quantitative estimate of drug-likeness (QED) is 0.708. The molecule has 3 unspecified atom stereocenters. The van der Waals surface area contributed by atoms with E-state index in [9.17, 15) is 9.90 Å². The van der Waals surface area contributed by atoms with Crippen LogP contribution in [0.5, 0.6) is 0 Å². The zero-order chi connectivity index (χ0) is 11.1. The minimum absolute atomic E-state index is 0.200. The predicted molar refractivity (Wildman–Crippen MR) is 55.6 cm³/mol. The molecule has 2 aliphatic rings. The molecule has 2 rings (SSSR count). The molecule has 1 saturated heterocycles. The zero-order valence-electron chi connectivity index (χ0n) is 9.15. The molecule has 1 aliphatic heterocycles. The molecule has 4 heteroatoms. The topological polar surface area (TPSA) is 60.8 Å². The monoisotopic (exact) mass is 213 g/mol. The van der Waals surface area contributed by atoms with Crippen molar-refractivity contribution in [1.82, 2.24) is 4.90 Å². The first-order valence-electron chi connectivity index (χ1n) is 5.68. The molecule has 1 aliphatic carbocycles. The van der Waals surface area contributed by atoms with Crippen molar-refractivity contribution in [3.8, 4) is 0 Å². The molecular formula is C11H19NO3. The molecule has 1 heterocycles. The van der Waals surface area contributed by atoms with Crippen LogP contribution in [-0.2, 0) is 4.79 Å². The van der Waals surface area contributed by atoms with Crippen LogP contribution in [0.15, 0.2) is 0 Å². The van der Waals surface area contributed by atoms with Crippen molar-refractivity contribution in [1.29, 1.82) is 0 Å². The Labute approximate surface area is 89.9 Å². The van der Waals surface area contributed by atoms with E-state index < -0.39 is 11.4 Å². The highest BCUT2D eigenvalue weighted by molar-refractivity contribution is 5.74. The SMILES string of the molecule is CC1(C(=O)O)CCN(C2CCCC2O)C1. The van der Waals surface area contributed by atoms with E-state index in [1.54, 1.807) is 6.92 Å². The molecule has 15 heavy (non-hydrogen) atoms. The lowest BCUT2D eigenvalue weighted by atomic mass is 9.90. The minimum Gasteiger partial charge on any atom is -0.481 e. The van der Waals surface area contributed by atoms with Crippen LogP contribution in [0.2, 0.25) is 0 Å². The second-order valence-corrected chi connectivity index (χ2v) is 5.15. The van der Waals surface area contributed by atoms with Crippen LogP contribution in [-0.4, -0.2) is 46.3 Å². The van der Waals surface area contributed by atoms with Gasteiger partial charge in [0.1, 0.15) is 0 Å². The Balaban J connectivity index is 2.00. The van der Waals surface area contributed by atoms with E-state index in [1.165, 1.54) is 0 Å². The highest BCUT2D eigenvalue weighted by atomic mass is 16.4. The summed E-state index contributed by atoms with van der Waals surface area (Å²) < 4.78 is 0. The molecule has 0 radical (unpaired) electrons. The van der Waals surface area contributed by atoms with Gasteiger partial charge in [-0.25, -0.2) is 0 Å². The summed E-state index contributed by atoms with van der Waals surface area (Å²) >= 11 is 0. The van der Waals surface area contributed by atoms with Crippen molar-refractivity contribution < 1.29 is 15.0 Å². The van der Waals surface area contributed by atoms with Crippen molar-refractivity contribution in [2.45, 2.75) is 44.8 Å². The summed E-state index contributed by atoms with van der Waals surface area (Å²) in [6.45, 7) is 3.20. The normalized spacial score (nSPS) is 42.3. The highest BCUT2D eigenvalue weighted by Crippen LogP contribution is 2.35. The third kappa shape index (κ3) is 1.88. The molecule has 0 aromatic heterocycles. The van der Waals surface area contributed by atoms with Crippen LogP contribution in [0.25, 0.3) is 0 Å². The van der Waals surface area contributed by atoms with Crippen LogP contribution in [0.3, 0.4) is 0 Å². The standard InChI is InChI=1S/C11H19NO3/c1-11(10(14)15)5-6-12(7-11)8-3-2-4-9(8)13/h8-9,13H,2-7H2,1H3,(H,14,15). The summed E-state index contributed by atoms with van der Waals surface area (Å²) in [5.41, 5.74) is -0.609. The van der Waals surface area contributed by atoms with E-state index in [-0.39, 0.29) is 12.1 Å². The van der Waals surface area contributed by atoms with E-state index in [1.807, 2.05) is 0 Å². The number of aliphatic hydroxyl groups excluding tert-OH is 1. The Bertz CT molecular complexity index is 269. The summed E-state index contributed by atoms with van der Waals surface area (Å²) in [7, 11) is 0. The number of nitrogens with zero attached hydrogens (tertiary/aromatic N) is 1. The lowest BCUT2D eigenvalue weighted by Crippen LogP contribution is -2.41. The number of carbonyl (C=O) groups is 1. The molecule has 0 spiro atoms. The van der Waals surface area contributed by atoms with Gasteiger partial charge in [-0.2, -0.15) is 0 Å². The smallest absolute Gasteiger partial charge is 0.310 e. The Morgan fingerprint density at radius 3 is 2.67 bits per heavy atom. The number of aliphatic hydroxyl groups is 1. The number of rotatable bonds is 2. The number of carboxylic acid groups (broad SMARTS) is 1. The number of hydrogen-bond acceptors (Lipinski definition) is 3. The molecule has 4 nitrogen and oxygen atoms in total. The van der Waals surface area contributed by atoms with Crippen LogP contribution in [0.4, 0.5) is 0 Å². The second-order valence-electron chi connectivity index (χ2n) is 5.15. The van der Waals surface area contributed by atoms with Gasteiger partial charge in [-0.05, 0) is 39.2 Å². The fourth-order valence-electron chi connectivity index (χ4n) is 2.80. The number of carboxylic acids is 1. The van der Waals surface area contributed by atoms with Gasteiger partial charge in [0.25, 0.3) is 0 Å². The lowest BCUT2D eigenvalue weighted by molar-refractivity contribution is -0.147. The van der Waals surface area contributed by atoms with Crippen LogP contribution >= 0.6 is 0 Å². The molecule has 0 bridgehead atoms. The van der Waals surface area contributed by atoms with E-state index in [0.29, 0.717) is 13.0 Å². The predicted octanol–water partition coefficient (Wildman–Crippen LogP) is 0.696. The maximum absolute atomic E-state index is 11.1. The third-order valence-corrected chi connectivity index (χ3v) is 3.93. The van der Waals surface area contributed by atoms with Gasteiger partial charge in [-0.15, -0.1) is 0 Å². The fraction of sp³-hybridized carbons (Fsp3) is 0.909. The highest BCUT2D eigenvalue weighted by Gasteiger charge is 2.44. The number of likely N-dealkylation sites (tertiary alicyclic amines) is 1. The van der Waals surface area contributed by atoms with Crippen molar-refractivity contribution in [2.75, 3.05) is 13.1 Å². The van der Waals surface area contributed by atoms with Crippen molar-refractivity contribution in [2.24, 2.45) is 5.41 Å². The Morgan fingerprint density at radius 2 is 2.20 bits per heavy atom. The Hall–Kier alpha value is -0.610. The van der Waals surface area contributed by atoms with E-state index in [2.05, 4.69) is 4.90 Å².